The van der Waals surface area contributed by atoms with Crippen LogP contribution in [0.2, 0.25) is 0 Å². The number of hydrogen-bond donors (Lipinski definition) is 2. The normalized spacial score (nSPS) is 31.1. The van der Waals surface area contributed by atoms with E-state index in [0.717, 1.165) is 0 Å². The van der Waals surface area contributed by atoms with Crippen molar-refractivity contribution in [1.82, 2.24) is 9.44 Å². The van der Waals surface area contributed by atoms with Gasteiger partial charge in [0.05, 0.1) is 12.1 Å². The molecule has 1 aliphatic carbocycles. The van der Waals surface area contributed by atoms with E-state index in [9.17, 15) is 0 Å². The number of hydrogen-bond acceptors (Lipinski definition) is 3. The summed E-state index contributed by atoms with van der Waals surface area (Å²) in [5.41, 5.74) is 2.83. The zero-order valence-electron chi connectivity index (χ0n) is 8.72. The first-order valence-electron chi connectivity index (χ1n) is 4.81. The Morgan fingerprint density at radius 2 is 1.38 bits per heavy atom. The third-order valence-electron chi connectivity index (χ3n) is 2.30. The van der Waals surface area contributed by atoms with E-state index in [-0.39, 0.29) is 0 Å². The minimum absolute atomic E-state index is 0.505. The molecule has 1 saturated heterocycles. The van der Waals surface area contributed by atoms with Gasteiger partial charge in [0.15, 0.2) is 0 Å². The van der Waals surface area contributed by atoms with Crippen molar-refractivity contribution in [2.45, 2.75) is 39.8 Å². The summed E-state index contributed by atoms with van der Waals surface area (Å²) in [6.07, 6.45) is 4.38. The van der Waals surface area contributed by atoms with Crippen molar-refractivity contribution >= 4 is 12.1 Å². The minimum Gasteiger partial charge on any atom is -0.242 e. The average molecular weight is 198 g/mol. The van der Waals surface area contributed by atoms with E-state index in [1.807, 2.05) is 13.8 Å². The van der Waals surface area contributed by atoms with E-state index < -0.39 is 0 Å². The Morgan fingerprint density at radius 3 is 1.77 bits per heavy atom. The van der Waals surface area contributed by atoms with E-state index in [2.05, 4.69) is 35.4 Å². The fourth-order valence-electron chi connectivity index (χ4n) is 1.48. The predicted octanol–water partition coefficient (Wildman–Crippen LogP) is 2.41. The van der Waals surface area contributed by atoms with E-state index >= 15 is 0 Å². The quantitative estimate of drug-likeness (QED) is 0.585. The lowest BCUT2D eigenvalue weighted by molar-refractivity contribution is 0.616. The maximum Gasteiger partial charge on any atom is 0.0594 e. The number of allylic oxidation sites excluding steroid dienone is 2. The van der Waals surface area contributed by atoms with Crippen molar-refractivity contribution in [3.05, 3.63) is 23.3 Å². The number of nitrogens with one attached hydrogen (secondary N) is 2. The summed E-state index contributed by atoms with van der Waals surface area (Å²) in [5, 5.41) is 0. The Hall–Kier alpha value is -0.250. The van der Waals surface area contributed by atoms with Gasteiger partial charge in [-0.1, -0.05) is 37.1 Å². The van der Waals surface area contributed by atoms with E-state index in [4.69, 9.17) is 0 Å². The molecule has 3 heteroatoms. The second-order valence-electron chi connectivity index (χ2n) is 3.11. The van der Waals surface area contributed by atoms with Crippen LogP contribution in [-0.4, -0.2) is 12.1 Å². The minimum atomic E-state index is 0.505. The van der Waals surface area contributed by atoms with Gasteiger partial charge in [0.1, 0.15) is 0 Å². The van der Waals surface area contributed by atoms with E-state index in [0.29, 0.717) is 12.1 Å². The number of fused-ring (bicyclic) bond motifs is 1. The molecule has 2 atom stereocenters. The van der Waals surface area contributed by atoms with E-state index in [1.165, 1.54) is 11.1 Å². The molecule has 2 nitrogen and oxygen atoms in total. The highest BCUT2D eigenvalue weighted by molar-refractivity contribution is 7.95. The Kier molecular flexibility index (Phi) is 4.03. The van der Waals surface area contributed by atoms with Crippen LogP contribution in [0.3, 0.4) is 0 Å². The van der Waals surface area contributed by atoms with Gasteiger partial charge in [0.2, 0.25) is 0 Å². The van der Waals surface area contributed by atoms with Gasteiger partial charge in [0.25, 0.3) is 0 Å². The van der Waals surface area contributed by atoms with Gasteiger partial charge in [-0.05, 0) is 13.8 Å². The fourth-order valence-corrected chi connectivity index (χ4v) is 2.44. The molecule has 0 aromatic heterocycles. The lowest BCUT2D eigenvalue weighted by Crippen LogP contribution is -2.36. The second-order valence-corrected chi connectivity index (χ2v) is 3.79. The van der Waals surface area contributed by atoms with Gasteiger partial charge >= 0.3 is 0 Å². The molecule has 74 valence electrons. The molecule has 0 saturated carbocycles. The van der Waals surface area contributed by atoms with Crippen LogP contribution in [0, 0.1) is 0 Å². The highest BCUT2D eigenvalue weighted by Gasteiger charge is 2.31. The van der Waals surface area contributed by atoms with Crippen molar-refractivity contribution in [3.63, 3.8) is 0 Å². The maximum atomic E-state index is 3.34. The standard InChI is InChI=1S/C8H12N2S.C2H6/c1-5-3-4-6(2)8-7(5)9-11-10-8;1-2/h3-4,7-10H,1-2H3;1-2H3. The first kappa shape index (κ1) is 10.8. The van der Waals surface area contributed by atoms with Gasteiger partial charge < -0.3 is 0 Å². The van der Waals surface area contributed by atoms with Crippen LogP contribution in [-0.2, 0) is 0 Å². The molecule has 2 rings (SSSR count). The smallest absolute Gasteiger partial charge is 0.0594 e. The molecule has 0 aromatic rings. The molecular formula is C10H18N2S. The molecule has 1 fully saturated rings. The summed E-state index contributed by atoms with van der Waals surface area (Å²) in [6.45, 7) is 8.34. The van der Waals surface area contributed by atoms with Crippen molar-refractivity contribution < 1.29 is 0 Å². The highest BCUT2D eigenvalue weighted by atomic mass is 32.2. The molecule has 0 aromatic carbocycles. The molecule has 2 N–H and O–H groups in total. The van der Waals surface area contributed by atoms with Crippen LogP contribution in [0.4, 0.5) is 0 Å². The lowest BCUT2D eigenvalue weighted by Gasteiger charge is -2.22. The Labute approximate surface area is 85.1 Å². The zero-order valence-corrected chi connectivity index (χ0v) is 9.53. The summed E-state index contributed by atoms with van der Waals surface area (Å²) in [6, 6.07) is 1.01. The van der Waals surface area contributed by atoms with Crippen molar-refractivity contribution in [2.75, 3.05) is 0 Å². The monoisotopic (exact) mass is 198 g/mol. The first-order chi connectivity index (χ1) is 6.29. The van der Waals surface area contributed by atoms with Crippen LogP contribution in [0.15, 0.2) is 23.3 Å². The first-order valence-corrected chi connectivity index (χ1v) is 5.62. The highest BCUT2D eigenvalue weighted by Crippen LogP contribution is 2.25. The Morgan fingerprint density at radius 1 is 1.00 bits per heavy atom. The third kappa shape index (κ3) is 2.16. The van der Waals surface area contributed by atoms with Crippen molar-refractivity contribution in [1.29, 1.82) is 0 Å². The number of rotatable bonds is 0. The summed E-state index contributed by atoms with van der Waals surface area (Å²) < 4.78 is 6.67. The molecule has 2 unspecified atom stereocenters. The molecular weight excluding hydrogens is 180 g/mol. The van der Waals surface area contributed by atoms with Crippen LogP contribution in [0.25, 0.3) is 0 Å². The zero-order chi connectivity index (χ0) is 9.84. The van der Waals surface area contributed by atoms with Crippen LogP contribution in [0.5, 0.6) is 0 Å². The van der Waals surface area contributed by atoms with Crippen LogP contribution in [0.1, 0.15) is 27.7 Å². The van der Waals surface area contributed by atoms with Gasteiger partial charge in [-0.15, -0.1) is 0 Å². The molecule has 2 aliphatic rings. The Balaban J connectivity index is 0.000000396. The molecule has 13 heavy (non-hydrogen) atoms. The van der Waals surface area contributed by atoms with Crippen LogP contribution < -0.4 is 9.44 Å². The predicted molar refractivity (Wildman–Crippen MR) is 60.3 cm³/mol. The average Bonchev–Trinajstić information content (AvgIpc) is 2.64. The van der Waals surface area contributed by atoms with Gasteiger partial charge in [-0.2, -0.15) is 0 Å². The molecule has 0 amide bonds. The molecule has 0 spiro atoms. The molecule has 0 bridgehead atoms. The van der Waals surface area contributed by atoms with E-state index in [1.54, 1.807) is 12.1 Å². The van der Waals surface area contributed by atoms with Gasteiger partial charge in [-0.3, -0.25) is 0 Å². The van der Waals surface area contributed by atoms with Gasteiger partial charge in [0, 0.05) is 12.1 Å². The van der Waals surface area contributed by atoms with Crippen molar-refractivity contribution in [2.24, 2.45) is 0 Å². The molecule has 1 aliphatic heterocycles. The van der Waals surface area contributed by atoms with Gasteiger partial charge in [-0.25, -0.2) is 9.44 Å². The fraction of sp³-hybridized carbons (Fsp3) is 0.600. The van der Waals surface area contributed by atoms with Crippen molar-refractivity contribution in [3.8, 4) is 0 Å². The maximum absolute atomic E-state index is 3.34. The summed E-state index contributed by atoms with van der Waals surface area (Å²) in [4.78, 5) is 0. The summed E-state index contributed by atoms with van der Waals surface area (Å²) >= 11 is 1.61. The topological polar surface area (TPSA) is 24.1 Å². The molecule has 0 radical (unpaired) electrons. The summed E-state index contributed by atoms with van der Waals surface area (Å²) in [5.74, 6) is 0. The molecule has 1 heterocycles. The largest absolute Gasteiger partial charge is 0.242 e. The summed E-state index contributed by atoms with van der Waals surface area (Å²) in [7, 11) is 0. The van der Waals surface area contributed by atoms with Crippen LogP contribution >= 0.6 is 12.1 Å². The SMILES string of the molecule is CC.CC1=CC=C(C)C2NSNC12. The second kappa shape index (κ2) is 4.84. The Bertz CT molecular complexity index is 209. The lowest BCUT2D eigenvalue weighted by atomic mass is 9.91. The third-order valence-corrected chi connectivity index (χ3v) is 3.04.